The molecule has 1 fully saturated rings. The van der Waals surface area contributed by atoms with Gasteiger partial charge in [-0.3, -0.25) is 0 Å². The van der Waals surface area contributed by atoms with Gasteiger partial charge in [0.15, 0.2) is 0 Å². The normalized spacial score (nSPS) is 15.3. The highest BCUT2D eigenvalue weighted by Crippen LogP contribution is 2.30. The molecule has 5 heteroatoms. The molecule has 188 valence electrons. The van der Waals surface area contributed by atoms with E-state index in [1.54, 1.807) is 0 Å². The summed E-state index contributed by atoms with van der Waals surface area (Å²) in [5.74, 6) is 1.61. The molecule has 1 atom stereocenters. The highest BCUT2D eigenvalue weighted by Gasteiger charge is 2.16. The molecule has 0 aliphatic heterocycles. The third-order valence-corrected chi connectivity index (χ3v) is 6.83. The third kappa shape index (κ3) is 8.57. The van der Waals surface area contributed by atoms with E-state index in [4.69, 9.17) is 9.47 Å². The van der Waals surface area contributed by atoms with Crippen molar-refractivity contribution in [2.24, 2.45) is 0 Å². The summed E-state index contributed by atoms with van der Waals surface area (Å²) in [4.78, 5) is 0. The van der Waals surface area contributed by atoms with Crippen molar-refractivity contribution in [2.75, 3.05) is 13.6 Å². The maximum atomic E-state index is 6.30. The summed E-state index contributed by atoms with van der Waals surface area (Å²) >= 11 is 0. The Labute approximate surface area is 207 Å². The molecule has 0 amide bonds. The van der Waals surface area contributed by atoms with Crippen LogP contribution in [-0.2, 0) is 6.42 Å². The molecule has 1 aromatic heterocycles. The van der Waals surface area contributed by atoms with Gasteiger partial charge in [-0.2, -0.15) is 5.10 Å². The molecule has 1 aliphatic rings. The van der Waals surface area contributed by atoms with Crippen LogP contribution in [0.1, 0.15) is 96.6 Å². The molecule has 34 heavy (non-hydrogen) atoms. The molecule has 5 nitrogen and oxygen atoms in total. The minimum absolute atomic E-state index is 0.185. The van der Waals surface area contributed by atoms with E-state index in [1.807, 2.05) is 7.05 Å². The van der Waals surface area contributed by atoms with Crippen molar-refractivity contribution < 1.29 is 9.47 Å². The number of aromatic nitrogens is 2. The maximum Gasteiger partial charge on any atom is 0.234 e. The van der Waals surface area contributed by atoms with Gasteiger partial charge in [-0.1, -0.05) is 45.2 Å². The molecular weight excluding hydrogens is 422 g/mol. The molecule has 3 rings (SSSR count). The number of hydrogen-bond donors (Lipinski definition) is 1. The van der Waals surface area contributed by atoms with E-state index in [0.717, 1.165) is 61.2 Å². The summed E-state index contributed by atoms with van der Waals surface area (Å²) in [6, 6.07) is 10.6. The Kier molecular flexibility index (Phi) is 11.7. The Balaban J connectivity index is 1.69. The highest BCUT2D eigenvalue weighted by atomic mass is 16.5. The largest absolute Gasteiger partial charge is 0.490 e. The van der Waals surface area contributed by atoms with Crippen molar-refractivity contribution in [3.63, 3.8) is 0 Å². The second-order valence-electron chi connectivity index (χ2n) is 9.65. The zero-order valence-corrected chi connectivity index (χ0v) is 21.7. The summed E-state index contributed by atoms with van der Waals surface area (Å²) in [6.07, 6.45) is 15.6. The number of benzene rings is 1. The lowest BCUT2D eigenvalue weighted by Crippen LogP contribution is -2.19. The van der Waals surface area contributed by atoms with Crippen molar-refractivity contribution in [1.29, 1.82) is 0 Å². The van der Waals surface area contributed by atoms with Crippen molar-refractivity contribution >= 4 is 0 Å². The summed E-state index contributed by atoms with van der Waals surface area (Å²) in [6.45, 7) is 5.48. The highest BCUT2D eigenvalue weighted by molar-refractivity contribution is 5.67. The molecule has 0 spiro atoms. The fourth-order valence-corrected chi connectivity index (χ4v) is 4.69. The summed E-state index contributed by atoms with van der Waals surface area (Å²) in [5.41, 5.74) is 3.34. The minimum atomic E-state index is 0.185. The molecule has 1 saturated carbocycles. The number of rotatable bonds is 15. The van der Waals surface area contributed by atoms with Crippen molar-refractivity contribution in [1.82, 2.24) is 15.5 Å². The zero-order chi connectivity index (χ0) is 24.0. The summed E-state index contributed by atoms with van der Waals surface area (Å²) < 4.78 is 12.5. The molecule has 1 aromatic carbocycles. The van der Waals surface area contributed by atoms with Crippen LogP contribution in [0, 0.1) is 0 Å². The van der Waals surface area contributed by atoms with E-state index >= 15 is 0 Å². The summed E-state index contributed by atoms with van der Waals surface area (Å²) in [5, 5.41) is 12.3. The topological polar surface area (TPSA) is 56.3 Å². The first kappa shape index (κ1) is 26.5. The monoisotopic (exact) mass is 467 g/mol. The second kappa shape index (κ2) is 15.0. The predicted molar refractivity (Wildman–Crippen MR) is 141 cm³/mol. The SMILES string of the molecule is CCCCc1nnc(O[C@H](CC)CCCCCNC)cc1-c1ccc(OC2CCCCC2)cc1. The second-order valence-corrected chi connectivity index (χ2v) is 9.65. The van der Waals surface area contributed by atoms with Crippen molar-refractivity contribution in [2.45, 2.75) is 110 Å². The third-order valence-electron chi connectivity index (χ3n) is 6.83. The number of nitrogens with one attached hydrogen (secondary N) is 1. The van der Waals surface area contributed by atoms with Crippen molar-refractivity contribution in [3.05, 3.63) is 36.0 Å². The van der Waals surface area contributed by atoms with Crippen LogP contribution in [-0.4, -0.2) is 36.0 Å². The van der Waals surface area contributed by atoms with E-state index in [0.29, 0.717) is 12.0 Å². The lowest BCUT2D eigenvalue weighted by Gasteiger charge is -2.23. The van der Waals surface area contributed by atoms with Crippen LogP contribution in [0.4, 0.5) is 0 Å². The Hall–Kier alpha value is -2.14. The molecule has 0 radical (unpaired) electrons. The van der Waals surface area contributed by atoms with Gasteiger partial charge < -0.3 is 14.8 Å². The molecular formula is C29H45N3O2. The van der Waals surface area contributed by atoms with Crippen LogP contribution in [0.15, 0.2) is 30.3 Å². The predicted octanol–water partition coefficient (Wildman–Crippen LogP) is 7.13. The Morgan fingerprint density at radius 2 is 1.76 bits per heavy atom. The van der Waals surface area contributed by atoms with Gasteiger partial charge in [-0.25, -0.2) is 0 Å². The lowest BCUT2D eigenvalue weighted by atomic mass is 9.97. The number of aryl methyl sites for hydroxylation is 1. The summed E-state index contributed by atoms with van der Waals surface area (Å²) in [7, 11) is 2.01. The number of unbranched alkanes of at least 4 members (excludes halogenated alkanes) is 3. The van der Waals surface area contributed by atoms with Gasteiger partial charge in [-0.05, 0) is 95.5 Å². The van der Waals surface area contributed by atoms with Gasteiger partial charge in [0.1, 0.15) is 11.9 Å². The standard InChI is InChI=1S/C29H45N3O2/c1-4-6-16-28-27(23-17-19-26(20-18-23)33-25-14-9-7-10-15-25)22-29(32-31-28)34-24(5-2)13-11-8-12-21-30-3/h17-20,22,24-25,30H,4-16,21H2,1-3H3/t24-/m1/s1. The fourth-order valence-electron chi connectivity index (χ4n) is 4.69. The van der Waals surface area contributed by atoms with Gasteiger partial charge in [-0.15, -0.1) is 5.10 Å². The van der Waals surface area contributed by atoms with Gasteiger partial charge in [0.25, 0.3) is 0 Å². The average Bonchev–Trinajstić information content (AvgIpc) is 2.88. The fraction of sp³-hybridized carbons (Fsp3) is 0.655. The van der Waals surface area contributed by atoms with E-state index in [1.165, 1.54) is 51.4 Å². The smallest absolute Gasteiger partial charge is 0.234 e. The first-order valence-corrected chi connectivity index (χ1v) is 13.7. The first-order valence-electron chi connectivity index (χ1n) is 13.7. The molecule has 0 saturated heterocycles. The van der Waals surface area contributed by atoms with Gasteiger partial charge in [0.2, 0.25) is 5.88 Å². The number of ether oxygens (including phenoxy) is 2. The Morgan fingerprint density at radius 1 is 0.971 bits per heavy atom. The molecule has 0 bridgehead atoms. The van der Waals surface area contributed by atoms with E-state index in [2.05, 4.69) is 59.7 Å². The van der Waals surface area contributed by atoms with Gasteiger partial charge in [0.05, 0.1) is 11.8 Å². The van der Waals surface area contributed by atoms with Gasteiger partial charge >= 0.3 is 0 Å². The quantitative estimate of drug-likeness (QED) is 0.282. The zero-order valence-electron chi connectivity index (χ0n) is 21.7. The molecule has 1 heterocycles. The molecule has 1 N–H and O–H groups in total. The first-order chi connectivity index (χ1) is 16.7. The molecule has 0 unspecified atom stereocenters. The van der Waals surface area contributed by atoms with Crippen LogP contribution in [0.3, 0.4) is 0 Å². The Bertz CT molecular complexity index is 819. The maximum absolute atomic E-state index is 6.30. The average molecular weight is 468 g/mol. The van der Waals surface area contributed by atoms with Crippen LogP contribution in [0.5, 0.6) is 11.6 Å². The van der Waals surface area contributed by atoms with Crippen LogP contribution in [0.2, 0.25) is 0 Å². The molecule has 1 aliphatic carbocycles. The van der Waals surface area contributed by atoms with Gasteiger partial charge in [0, 0.05) is 11.6 Å². The van der Waals surface area contributed by atoms with E-state index in [9.17, 15) is 0 Å². The lowest BCUT2D eigenvalue weighted by molar-refractivity contribution is 0.155. The van der Waals surface area contributed by atoms with Crippen LogP contribution < -0.4 is 14.8 Å². The van der Waals surface area contributed by atoms with Crippen LogP contribution >= 0.6 is 0 Å². The number of hydrogen-bond acceptors (Lipinski definition) is 5. The number of nitrogens with zero attached hydrogens (tertiary/aromatic N) is 2. The molecule has 2 aromatic rings. The van der Waals surface area contributed by atoms with E-state index in [-0.39, 0.29) is 6.10 Å². The van der Waals surface area contributed by atoms with Crippen molar-refractivity contribution in [3.8, 4) is 22.8 Å². The van der Waals surface area contributed by atoms with E-state index < -0.39 is 0 Å². The Morgan fingerprint density at radius 3 is 2.47 bits per heavy atom. The minimum Gasteiger partial charge on any atom is -0.490 e. The van der Waals surface area contributed by atoms with Crippen LogP contribution in [0.25, 0.3) is 11.1 Å².